The minimum atomic E-state index is 0. The van der Waals surface area contributed by atoms with Gasteiger partial charge in [0.25, 0.3) is 0 Å². The minimum Gasteiger partial charge on any atom is -0.354 e. The van der Waals surface area contributed by atoms with Gasteiger partial charge in [-0.15, -0.1) is 24.0 Å². The van der Waals surface area contributed by atoms with Gasteiger partial charge in [0.05, 0.1) is 0 Å². The van der Waals surface area contributed by atoms with Crippen LogP contribution in [0.4, 0.5) is 0 Å². The molecule has 0 saturated carbocycles. The van der Waals surface area contributed by atoms with E-state index < -0.39 is 0 Å². The van der Waals surface area contributed by atoms with Gasteiger partial charge in [0.15, 0.2) is 5.96 Å². The van der Waals surface area contributed by atoms with Gasteiger partial charge in [0.1, 0.15) is 0 Å². The lowest BCUT2D eigenvalue weighted by atomic mass is 10.2. The Morgan fingerprint density at radius 2 is 2.12 bits per heavy atom. The van der Waals surface area contributed by atoms with E-state index in [4.69, 9.17) is 0 Å². The van der Waals surface area contributed by atoms with Gasteiger partial charge in [-0.05, 0) is 18.9 Å². The van der Waals surface area contributed by atoms with E-state index in [-0.39, 0.29) is 24.0 Å². The van der Waals surface area contributed by atoms with Crippen LogP contribution in [0.15, 0.2) is 35.3 Å². The van der Waals surface area contributed by atoms with Gasteiger partial charge in [-0.1, -0.05) is 30.3 Å². The van der Waals surface area contributed by atoms with Crippen LogP contribution in [0.1, 0.15) is 18.9 Å². The minimum absolute atomic E-state index is 0. The van der Waals surface area contributed by atoms with Gasteiger partial charge in [0, 0.05) is 19.1 Å². The van der Waals surface area contributed by atoms with Gasteiger partial charge >= 0.3 is 0 Å². The number of aliphatic imine (C=N–C) groups is 1. The van der Waals surface area contributed by atoms with Crippen molar-refractivity contribution in [3.05, 3.63) is 35.9 Å². The van der Waals surface area contributed by atoms with Crippen LogP contribution in [0.5, 0.6) is 0 Å². The predicted octanol–water partition coefficient (Wildman–Crippen LogP) is 2.13. The topological polar surface area (TPSA) is 36.4 Å². The third-order valence-corrected chi connectivity index (χ3v) is 2.52. The predicted molar refractivity (Wildman–Crippen MR) is 78.2 cm³/mol. The lowest BCUT2D eigenvalue weighted by molar-refractivity contribution is 0.569. The molecule has 0 spiro atoms. The maximum Gasteiger partial charge on any atom is 0.191 e. The molecule has 2 rings (SSSR count). The molecule has 0 fully saturated rings. The van der Waals surface area contributed by atoms with Crippen LogP contribution >= 0.6 is 24.0 Å². The summed E-state index contributed by atoms with van der Waals surface area (Å²) in [6, 6.07) is 10.9. The first-order valence-corrected chi connectivity index (χ1v) is 5.43. The highest BCUT2D eigenvalue weighted by molar-refractivity contribution is 14.0. The highest BCUT2D eigenvalue weighted by atomic mass is 127. The third-order valence-electron chi connectivity index (χ3n) is 2.52. The van der Waals surface area contributed by atoms with Crippen LogP contribution in [-0.4, -0.2) is 18.5 Å². The van der Waals surface area contributed by atoms with Crippen molar-refractivity contribution in [2.24, 2.45) is 4.99 Å². The van der Waals surface area contributed by atoms with Gasteiger partial charge in [-0.3, -0.25) is 4.99 Å². The molecule has 1 aromatic rings. The second-order valence-electron chi connectivity index (χ2n) is 3.90. The normalized spacial score (nSPS) is 19.1. The maximum absolute atomic E-state index is 4.39. The molecule has 1 atom stereocenters. The van der Waals surface area contributed by atoms with E-state index in [0.29, 0.717) is 6.04 Å². The van der Waals surface area contributed by atoms with Gasteiger partial charge in [0.2, 0.25) is 0 Å². The largest absolute Gasteiger partial charge is 0.354 e. The molecule has 16 heavy (non-hydrogen) atoms. The zero-order valence-corrected chi connectivity index (χ0v) is 11.8. The Labute approximate surface area is 114 Å². The monoisotopic (exact) mass is 331 g/mol. The van der Waals surface area contributed by atoms with Crippen molar-refractivity contribution in [1.29, 1.82) is 0 Å². The number of halogens is 1. The Morgan fingerprint density at radius 1 is 1.38 bits per heavy atom. The number of guanidine groups is 1. The van der Waals surface area contributed by atoms with Crippen molar-refractivity contribution in [2.45, 2.75) is 25.9 Å². The van der Waals surface area contributed by atoms with Crippen LogP contribution in [0.25, 0.3) is 0 Å². The van der Waals surface area contributed by atoms with Crippen LogP contribution in [-0.2, 0) is 6.54 Å². The molecule has 4 heteroatoms. The molecule has 0 aromatic heterocycles. The molecule has 3 nitrogen and oxygen atoms in total. The average Bonchev–Trinajstić information content (AvgIpc) is 2.28. The maximum atomic E-state index is 4.39. The van der Waals surface area contributed by atoms with Crippen LogP contribution < -0.4 is 10.6 Å². The fourth-order valence-corrected chi connectivity index (χ4v) is 1.61. The summed E-state index contributed by atoms with van der Waals surface area (Å²) >= 11 is 0. The lowest BCUT2D eigenvalue weighted by Gasteiger charge is -2.21. The second-order valence-corrected chi connectivity index (χ2v) is 3.90. The molecule has 1 aliphatic rings. The Bertz CT molecular complexity index is 337. The first-order valence-electron chi connectivity index (χ1n) is 5.43. The van der Waals surface area contributed by atoms with Crippen molar-refractivity contribution in [3.63, 3.8) is 0 Å². The summed E-state index contributed by atoms with van der Waals surface area (Å²) < 4.78 is 0. The van der Waals surface area contributed by atoms with E-state index in [1.54, 1.807) is 0 Å². The highest BCUT2D eigenvalue weighted by Crippen LogP contribution is 2.00. The van der Waals surface area contributed by atoms with E-state index in [0.717, 1.165) is 25.5 Å². The Kier molecular flexibility index (Phi) is 5.59. The van der Waals surface area contributed by atoms with E-state index in [1.807, 2.05) is 6.07 Å². The van der Waals surface area contributed by atoms with Gasteiger partial charge in [-0.2, -0.15) is 0 Å². The molecule has 2 N–H and O–H groups in total. The zero-order valence-electron chi connectivity index (χ0n) is 9.44. The Hall–Kier alpha value is -0.780. The fourth-order valence-electron chi connectivity index (χ4n) is 1.61. The molecular weight excluding hydrogens is 313 g/mol. The number of hydrogen-bond acceptors (Lipinski definition) is 3. The molecular formula is C12H18IN3. The van der Waals surface area contributed by atoms with Crippen molar-refractivity contribution in [3.8, 4) is 0 Å². The van der Waals surface area contributed by atoms with Crippen LogP contribution in [0, 0.1) is 0 Å². The first kappa shape index (κ1) is 13.3. The molecule has 0 saturated heterocycles. The number of nitrogens with one attached hydrogen (secondary N) is 2. The van der Waals surface area contributed by atoms with Gasteiger partial charge < -0.3 is 10.6 Å². The Balaban J connectivity index is 0.00000128. The van der Waals surface area contributed by atoms with Crippen LogP contribution in [0.2, 0.25) is 0 Å². The van der Waals surface area contributed by atoms with Crippen molar-refractivity contribution in [1.82, 2.24) is 10.6 Å². The SMILES string of the molecule is CC1CCN=C(NCc2ccccc2)N1.I. The highest BCUT2D eigenvalue weighted by Gasteiger charge is 2.09. The molecule has 1 heterocycles. The van der Waals surface area contributed by atoms with Crippen LogP contribution in [0.3, 0.4) is 0 Å². The fraction of sp³-hybridized carbons (Fsp3) is 0.417. The number of rotatable bonds is 2. The summed E-state index contributed by atoms with van der Waals surface area (Å²) in [6.45, 7) is 3.93. The molecule has 0 bridgehead atoms. The van der Waals surface area contributed by atoms with Crippen molar-refractivity contribution >= 4 is 29.9 Å². The van der Waals surface area contributed by atoms with E-state index in [2.05, 4.69) is 46.8 Å². The molecule has 1 unspecified atom stereocenters. The third kappa shape index (κ3) is 4.00. The van der Waals surface area contributed by atoms with Crippen molar-refractivity contribution < 1.29 is 0 Å². The average molecular weight is 331 g/mol. The summed E-state index contributed by atoms with van der Waals surface area (Å²) in [5.74, 6) is 0.928. The molecule has 0 radical (unpaired) electrons. The first-order chi connectivity index (χ1) is 7.34. The van der Waals surface area contributed by atoms with Gasteiger partial charge in [-0.25, -0.2) is 0 Å². The van der Waals surface area contributed by atoms with Crippen molar-refractivity contribution in [2.75, 3.05) is 6.54 Å². The van der Waals surface area contributed by atoms with E-state index in [1.165, 1.54) is 5.56 Å². The second kappa shape index (κ2) is 6.73. The number of nitrogens with zero attached hydrogens (tertiary/aromatic N) is 1. The molecule has 0 aliphatic carbocycles. The van der Waals surface area contributed by atoms with E-state index >= 15 is 0 Å². The summed E-state index contributed by atoms with van der Waals surface area (Å²) in [6.07, 6.45) is 1.12. The quantitative estimate of drug-likeness (QED) is 0.815. The summed E-state index contributed by atoms with van der Waals surface area (Å²) in [7, 11) is 0. The Morgan fingerprint density at radius 3 is 2.81 bits per heavy atom. The number of benzene rings is 1. The number of hydrogen-bond donors (Lipinski definition) is 2. The lowest BCUT2D eigenvalue weighted by Crippen LogP contribution is -2.45. The standard InChI is InChI=1S/C12H17N3.HI/c1-10-7-8-13-12(15-10)14-9-11-5-3-2-4-6-11;/h2-6,10H,7-9H2,1H3,(H2,13,14,15);1H. The van der Waals surface area contributed by atoms with E-state index in [9.17, 15) is 0 Å². The molecule has 1 aromatic carbocycles. The smallest absolute Gasteiger partial charge is 0.191 e. The summed E-state index contributed by atoms with van der Waals surface area (Å²) in [4.78, 5) is 4.39. The summed E-state index contributed by atoms with van der Waals surface area (Å²) in [5.41, 5.74) is 1.28. The summed E-state index contributed by atoms with van der Waals surface area (Å²) in [5, 5.41) is 6.63. The molecule has 0 amide bonds. The zero-order chi connectivity index (χ0) is 10.5. The molecule has 1 aliphatic heterocycles. The molecule has 88 valence electrons.